The van der Waals surface area contributed by atoms with Crippen LogP contribution in [0.4, 0.5) is 9.59 Å². The van der Waals surface area contributed by atoms with Gasteiger partial charge in [-0.1, -0.05) is 44.2 Å². The fourth-order valence-corrected chi connectivity index (χ4v) is 2.35. The van der Waals surface area contributed by atoms with Crippen molar-refractivity contribution >= 4 is 17.9 Å². The standard InChI is InChI=1S/C20H30N2O5/c1-15(2)10-13-22(19(25)26)18(24)21(14-17(23)20(3,4)27)12-11-16-8-6-5-7-9-16/h5-9,15,27H,10-14H2,1-4H3,(H,25,26). The molecule has 2 N–H and O–H groups in total. The molecular weight excluding hydrogens is 348 g/mol. The lowest BCUT2D eigenvalue weighted by Gasteiger charge is -2.29. The van der Waals surface area contributed by atoms with Gasteiger partial charge in [0.05, 0.1) is 6.54 Å². The molecule has 0 heterocycles. The molecule has 0 aliphatic heterocycles. The highest BCUT2D eigenvalue weighted by atomic mass is 16.4. The average molecular weight is 378 g/mol. The molecule has 0 radical (unpaired) electrons. The van der Waals surface area contributed by atoms with Gasteiger partial charge < -0.3 is 15.1 Å². The van der Waals surface area contributed by atoms with Crippen LogP contribution in [0.25, 0.3) is 0 Å². The minimum Gasteiger partial charge on any atom is -0.465 e. The third kappa shape index (κ3) is 7.78. The van der Waals surface area contributed by atoms with Crippen molar-refractivity contribution in [3.63, 3.8) is 0 Å². The van der Waals surface area contributed by atoms with Gasteiger partial charge in [-0.05, 0) is 38.2 Å². The van der Waals surface area contributed by atoms with Crippen LogP contribution in [0.15, 0.2) is 30.3 Å². The van der Waals surface area contributed by atoms with Gasteiger partial charge in [-0.2, -0.15) is 0 Å². The monoisotopic (exact) mass is 378 g/mol. The summed E-state index contributed by atoms with van der Waals surface area (Å²) in [6, 6.07) is 8.67. The molecule has 7 nitrogen and oxygen atoms in total. The molecule has 0 aliphatic carbocycles. The molecule has 0 spiro atoms. The van der Waals surface area contributed by atoms with Gasteiger partial charge in [-0.25, -0.2) is 14.5 Å². The van der Waals surface area contributed by atoms with Crippen LogP contribution < -0.4 is 0 Å². The van der Waals surface area contributed by atoms with Gasteiger partial charge >= 0.3 is 12.1 Å². The first-order chi connectivity index (χ1) is 12.5. The maximum absolute atomic E-state index is 12.8. The van der Waals surface area contributed by atoms with Crippen LogP contribution in [-0.4, -0.2) is 63.2 Å². The number of hydrogen-bond donors (Lipinski definition) is 2. The summed E-state index contributed by atoms with van der Waals surface area (Å²) in [4.78, 5) is 38.6. The number of imide groups is 1. The van der Waals surface area contributed by atoms with E-state index in [1.54, 1.807) is 0 Å². The molecule has 0 saturated heterocycles. The molecule has 27 heavy (non-hydrogen) atoms. The highest BCUT2D eigenvalue weighted by Gasteiger charge is 2.31. The van der Waals surface area contributed by atoms with E-state index in [-0.39, 0.29) is 25.6 Å². The summed E-state index contributed by atoms with van der Waals surface area (Å²) in [5, 5.41) is 19.3. The van der Waals surface area contributed by atoms with Crippen LogP contribution >= 0.6 is 0 Å². The van der Waals surface area contributed by atoms with Gasteiger partial charge in [0, 0.05) is 13.1 Å². The number of aliphatic hydroxyl groups is 1. The first-order valence-corrected chi connectivity index (χ1v) is 9.11. The van der Waals surface area contributed by atoms with Gasteiger partial charge in [0.25, 0.3) is 0 Å². The second-order valence-corrected chi connectivity index (χ2v) is 7.54. The SMILES string of the molecule is CC(C)CCN(C(=O)O)C(=O)N(CCc1ccccc1)CC(=O)C(C)(C)O. The molecule has 1 aromatic carbocycles. The first kappa shape index (κ1) is 22.6. The van der Waals surface area contributed by atoms with Crippen molar-refractivity contribution in [3.8, 4) is 0 Å². The van der Waals surface area contributed by atoms with Crippen molar-refractivity contribution in [3.05, 3.63) is 35.9 Å². The van der Waals surface area contributed by atoms with Crippen molar-refractivity contribution in [1.29, 1.82) is 0 Å². The van der Waals surface area contributed by atoms with E-state index in [1.165, 1.54) is 18.7 Å². The summed E-state index contributed by atoms with van der Waals surface area (Å²) in [5.74, 6) is -0.312. The number of carboxylic acid groups (broad SMARTS) is 1. The Kier molecular flexibility index (Phi) is 8.43. The zero-order valence-electron chi connectivity index (χ0n) is 16.5. The van der Waals surface area contributed by atoms with E-state index >= 15 is 0 Å². The summed E-state index contributed by atoms with van der Waals surface area (Å²) in [7, 11) is 0. The van der Waals surface area contributed by atoms with E-state index in [1.807, 2.05) is 44.2 Å². The van der Waals surface area contributed by atoms with Crippen LogP contribution in [0, 0.1) is 5.92 Å². The Hall–Kier alpha value is -2.41. The van der Waals surface area contributed by atoms with E-state index in [0.29, 0.717) is 12.8 Å². The second kappa shape index (κ2) is 10.1. The average Bonchev–Trinajstić information content (AvgIpc) is 2.57. The Balaban J connectivity index is 2.96. The van der Waals surface area contributed by atoms with Crippen LogP contribution in [0.1, 0.15) is 39.7 Å². The maximum atomic E-state index is 12.8. The van der Waals surface area contributed by atoms with Crippen LogP contribution in [0.3, 0.4) is 0 Å². The molecule has 0 bridgehead atoms. The van der Waals surface area contributed by atoms with Crippen LogP contribution in [0.5, 0.6) is 0 Å². The largest absolute Gasteiger partial charge is 0.465 e. The smallest absolute Gasteiger partial charge is 0.415 e. The van der Waals surface area contributed by atoms with E-state index in [9.17, 15) is 24.6 Å². The normalized spacial score (nSPS) is 11.3. The Morgan fingerprint density at radius 2 is 1.67 bits per heavy atom. The van der Waals surface area contributed by atoms with Gasteiger partial charge in [0.15, 0.2) is 5.78 Å². The van der Waals surface area contributed by atoms with E-state index < -0.39 is 23.5 Å². The number of ketones is 1. The minimum absolute atomic E-state index is 0.0599. The Morgan fingerprint density at radius 3 is 2.15 bits per heavy atom. The van der Waals surface area contributed by atoms with E-state index in [4.69, 9.17) is 0 Å². The van der Waals surface area contributed by atoms with Gasteiger partial charge in [-0.15, -0.1) is 0 Å². The molecule has 1 rings (SSSR count). The molecule has 0 atom stereocenters. The van der Waals surface area contributed by atoms with E-state index in [0.717, 1.165) is 10.5 Å². The van der Waals surface area contributed by atoms with Crippen LogP contribution in [0.2, 0.25) is 0 Å². The zero-order chi connectivity index (χ0) is 20.6. The molecule has 0 unspecified atom stereocenters. The molecular formula is C20H30N2O5. The van der Waals surface area contributed by atoms with Crippen molar-refractivity contribution in [2.45, 2.75) is 46.1 Å². The number of urea groups is 1. The summed E-state index contributed by atoms with van der Waals surface area (Å²) in [6.07, 6.45) is -0.339. The highest BCUT2D eigenvalue weighted by Crippen LogP contribution is 2.11. The molecule has 0 aromatic heterocycles. The molecule has 150 valence electrons. The first-order valence-electron chi connectivity index (χ1n) is 9.11. The van der Waals surface area contributed by atoms with Crippen molar-refractivity contribution in [2.75, 3.05) is 19.6 Å². The molecule has 1 aromatic rings. The van der Waals surface area contributed by atoms with E-state index in [2.05, 4.69) is 0 Å². The van der Waals surface area contributed by atoms with Crippen molar-refractivity contribution in [2.24, 2.45) is 5.92 Å². The summed E-state index contributed by atoms with van der Waals surface area (Å²) < 4.78 is 0. The number of amides is 3. The molecule has 0 aliphatic rings. The number of nitrogens with zero attached hydrogens (tertiary/aromatic N) is 2. The maximum Gasteiger partial charge on any atom is 0.415 e. The third-order valence-electron chi connectivity index (χ3n) is 4.19. The lowest BCUT2D eigenvalue weighted by Crippen LogP contribution is -2.51. The Labute approximate surface area is 160 Å². The van der Waals surface area contributed by atoms with Gasteiger partial charge in [0.1, 0.15) is 5.60 Å². The fraction of sp³-hybridized carbons (Fsp3) is 0.550. The molecule has 0 fully saturated rings. The minimum atomic E-state index is -1.60. The zero-order valence-corrected chi connectivity index (χ0v) is 16.5. The van der Waals surface area contributed by atoms with Crippen LogP contribution in [-0.2, 0) is 11.2 Å². The van der Waals surface area contributed by atoms with Gasteiger partial charge in [0.2, 0.25) is 0 Å². The number of carbonyl (C=O) groups is 3. The summed E-state index contributed by atoms with van der Waals surface area (Å²) in [6.45, 7) is 6.47. The lowest BCUT2D eigenvalue weighted by atomic mass is 10.0. The topological polar surface area (TPSA) is 98.2 Å². The summed E-state index contributed by atoms with van der Waals surface area (Å²) >= 11 is 0. The Bertz CT molecular complexity index is 638. The van der Waals surface area contributed by atoms with Gasteiger partial charge in [-0.3, -0.25) is 4.79 Å². The molecule has 7 heteroatoms. The third-order valence-corrected chi connectivity index (χ3v) is 4.19. The second-order valence-electron chi connectivity index (χ2n) is 7.54. The number of Topliss-reactive ketones (excluding diaryl/α,β-unsaturated/α-hetero) is 1. The number of benzene rings is 1. The van der Waals surface area contributed by atoms with Crippen molar-refractivity contribution in [1.82, 2.24) is 9.80 Å². The number of carbonyl (C=O) groups excluding carboxylic acids is 2. The predicted octanol–water partition coefficient (Wildman–Crippen LogP) is 3.02. The molecule has 0 saturated carbocycles. The Morgan fingerprint density at radius 1 is 1.07 bits per heavy atom. The lowest BCUT2D eigenvalue weighted by molar-refractivity contribution is -0.134. The fourth-order valence-electron chi connectivity index (χ4n) is 2.35. The van der Waals surface area contributed by atoms with Crippen molar-refractivity contribution < 1.29 is 24.6 Å². The predicted molar refractivity (Wildman–Crippen MR) is 103 cm³/mol. The quantitative estimate of drug-likeness (QED) is 0.688. The molecule has 3 amide bonds. The highest BCUT2D eigenvalue weighted by molar-refractivity contribution is 5.94. The number of hydrogen-bond acceptors (Lipinski definition) is 4. The number of rotatable bonds is 9. The summed E-state index contributed by atoms with van der Waals surface area (Å²) in [5.41, 5.74) is -0.632.